The van der Waals surface area contributed by atoms with E-state index in [1.807, 2.05) is 0 Å². The van der Waals surface area contributed by atoms with Crippen molar-refractivity contribution in [3.63, 3.8) is 0 Å². The minimum absolute atomic E-state index is 0.109. The van der Waals surface area contributed by atoms with Gasteiger partial charge >= 0.3 is 365 Å². The Balaban J connectivity index is 2.69. The molecule has 0 atom stereocenters. The summed E-state index contributed by atoms with van der Waals surface area (Å²) in [6.07, 6.45) is 0. The first-order valence-corrected chi connectivity index (χ1v) is 24.0. The van der Waals surface area contributed by atoms with Crippen molar-refractivity contribution in [3.05, 3.63) is 100 Å². The molecule has 0 nitrogen and oxygen atoms in total. The van der Waals surface area contributed by atoms with Gasteiger partial charge in [0.25, 0.3) is 0 Å². The quantitative estimate of drug-likeness (QED) is 0.109. The molecule has 0 amide bonds. The van der Waals surface area contributed by atoms with E-state index in [1.165, 1.54) is 0 Å². The molecule has 0 aliphatic heterocycles. The van der Waals surface area contributed by atoms with Gasteiger partial charge in [0, 0.05) is 0 Å². The van der Waals surface area contributed by atoms with Gasteiger partial charge in [0.2, 0.25) is 0 Å². The minimum atomic E-state index is -6.24. The molecule has 45 heavy (non-hydrogen) atoms. The predicted octanol–water partition coefficient (Wildman–Crippen LogP) is 16.1. The van der Waals surface area contributed by atoms with Gasteiger partial charge < -0.3 is 0 Å². The van der Waals surface area contributed by atoms with Gasteiger partial charge in [-0.3, -0.25) is 0 Å². The van der Waals surface area contributed by atoms with Crippen LogP contribution < -0.4 is 14.3 Å². The summed E-state index contributed by atoms with van der Waals surface area (Å²) >= 11 is 129. The summed E-state index contributed by atoms with van der Waals surface area (Å²) in [5, 5.41) is -5.54. The molecule has 4 aromatic carbocycles. The summed E-state index contributed by atoms with van der Waals surface area (Å²) in [5.41, 5.74) is 0. The molecule has 0 unspecified atom stereocenters. The fraction of sp³-hybridized carbons (Fsp3) is 0. The molecule has 4 rings (SSSR count). The molecule has 0 radical (unpaired) electrons. The molecule has 0 saturated carbocycles. The molecule has 240 valence electrons. The molecule has 0 aliphatic carbocycles. The SMILES string of the molecule is Clc1c(Cl)c(Cl)[c]([Sn]([c]2c(Cl)c(Cl)c(Cl)c(Cl)c2Cl)([c]2c(Cl)c(Cl)c(Cl)c(Cl)c2Cl)[c]2c(Cl)c(Cl)c(Cl)c(Cl)c2Cl)c(Cl)c1Cl. The summed E-state index contributed by atoms with van der Waals surface area (Å²) in [7, 11) is 0. The zero-order chi connectivity index (χ0) is 34.4. The topological polar surface area (TPSA) is 0 Å². The summed E-state index contributed by atoms with van der Waals surface area (Å²) < 4.78 is -0.438. The molecule has 4 aromatic rings. The summed E-state index contributed by atoms with van der Waals surface area (Å²) in [4.78, 5) is 0. The van der Waals surface area contributed by atoms with Crippen molar-refractivity contribution in [2.45, 2.75) is 0 Å². The third kappa shape index (κ3) is 6.44. The van der Waals surface area contributed by atoms with Crippen molar-refractivity contribution in [2.24, 2.45) is 0 Å². The average Bonchev–Trinajstić information content (AvgIpc) is 3.00. The van der Waals surface area contributed by atoms with Crippen molar-refractivity contribution in [3.8, 4) is 0 Å². The van der Waals surface area contributed by atoms with Crippen molar-refractivity contribution >= 4 is 265 Å². The normalized spacial score (nSPS) is 12.0. The Morgan fingerprint density at radius 2 is 0.244 bits per heavy atom. The Kier molecular flexibility index (Phi) is 14.2. The summed E-state index contributed by atoms with van der Waals surface area (Å²) in [6, 6.07) is 0. The zero-order valence-corrected chi connectivity index (χ0v) is 38.0. The Labute approximate surface area is 359 Å². The number of rotatable bonds is 4. The van der Waals surface area contributed by atoms with E-state index in [4.69, 9.17) is 232 Å². The van der Waals surface area contributed by atoms with Gasteiger partial charge in [-0.15, -0.1) is 0 Å². The molecule has 0 aliphatic rings. The number of hydrogen-bond donors (Lipinski definition) is 0. The summed E-state index contributed by atoms with van der Waals surface area (Å²) in [6.45, 7) is 0. The molecule has 0 bridgehead atoms. The van der Waals surface area contributed by atoms with Crippen molar-refractivity contribution in [1.82, 2.24) is 0 Å². The van der Waals surface area contributed by atoms with E-state index in [0.29, 0.717) is 0 Å². The van der Waals surface area contributed by atoms with Crippen molar-refractivity contribution in [2.75, 3.05) is 0 Å². The Morgan fingerprint density at radius 1 is 0.156 bits per heavy atom. The molecule has 0 N–H and O–H groups in total. The average molecular weight is 1120 g/mol. The first kappa shape index (κ1) is 41.2. The third-order valence-electron chi connectivity index (χ3n) is 6.34. The van der Waals surface area contributed by atoms with E-state index < -0.39 is 18.4 Å². The van der Waals surface area contributed by atoms with E-state index in [1.54, 1.807) is 0 Å². The fourth-order valence-electron chi connectivity index (χ4n) is 4.49. The maximum absolute atomic E-state index is 7.01. The van der Waals surface area contributed by atoms with Crippen molar-refractivity contribution in [1.29, 1.82) is 0 Å². The number of hydrogen-bond acceptors (Lipinski definition) is 0. The number of benzene rings is 4. The van der Waals surface area contributed by atoms with Gasteiger partial charge in [0.05, 0.1) is 0 Å². The number of halogens is 20. The van der Waals surface area contributed by atoms with Gasteiger partial charge in [-0.1, -0.05) is 0 Å². The van der Waals surface area contributed by atoms with Crippen LogP contribution in [0.15, 0.2) is 0 Å². The van der Waals surface area contributed by atoms with Gasteiger partial charge in [-0.05, 0) is 0 Å². The van der Waals surface area contributed by atoms with E-state index in [-0.39, 0.29) is 115 Å². The Hall–Kier alpha value is 3.48. The van der Waals surface area contributed by atoms with Crippen LogP contribution in [0, 0.1) is 0 Å². The van der Waals surface area contributed by atoms with E-state index in [2.05, 4.69) is 0 Å². The molecule has 0 spiro atoms. The van der Waals surface area contributed by atoms with Gasteiger partial charge in [0.1, 0.15) is 0 Å². The van der Waals surface area contributed by atoms with Crippen LogP contribution in [0.1, 0.15) is 0 Å². The molecule has 0 aromatic heterocycles. The van der Waals surface area contributed by atoms with Gasteiger partial charge in [0.15, 0.2) is 0 Å². The standard InChI is InChI=1S/4C6Cl5.Sn/c4*7-2-1-3(8)5(10)6(11)4(2)9;. The van der Waals surface area contributed by atoms with Crippen LogP contribution in [0.4, 0.5) is 0 Å². The summed E-state index contributed by atoms with van der Waals surface area (Å²) in [5.74, 6) is 0. The van der Waals surface area contributed by atoms with E-state index in [9.17, 15) is 0 Å². The second-order valence-electron chi connectivity index (χ2n) is 8.53. The van der Waals surface area contributed by atoms with Crippen LogP contribution in [-0.4, -0.2) is 18.4 Å². The molecule has 0 fully saturated rings. The maximum atomic E-state index is 7.01. The van der Waals surface area contributed by atoms with Crippen LogP contribution in [-0.2, 0) is 0 Å². The Morgan fingerprint density at radius 3 is 0.356 bits per heavy atom. The molecular weight excluding hydrogens is 1120 g/mol. The molecular formula is C24Cl20Sn. The van der Waals surface area contributed by atoms with E-state index in [0.717, 1.165) is 0 Å². The first-order valence-electron chi connectivity index (χ1n) is 10.8. The van der Waals surface area contributed by atoms with Gasteiger partial charge in [-0.25, -0.2) is 0 Å². The van der Waals surface area contributed by atoms with Crippen LogP contribution >= 0.6 is 232 Å². The molecule has 0 saturated heterocycles. The van der Waals surface area contributed by atoms with Gasteiger partial charge in [-0.2, -0.15) is 0 Å². The Bertz CT molecular complexity index is 1570. The first-order chi connectivity index (χ1) is 20.7. The van der Waals surface area contributed by atoms with Crippen molar-refractivity contribution < 1.29 is 0 Å². The van der Waals surface area contributed by atoms with Crippen LogP contribution in [0.2, 0.25) is 100 Å². The monoisotopic (exact) mass is 1110 g/mol. The van der Waals surface area contributed by atoms with Crippen LogP contribution in [0.3, 0.4) is 0 Å². The second-order valence-corrected chi connectivity index (χ2v) is 26.1. The predicted molar refractivity (Wildman–Crippen MR) is 210 cm³/mol. The van der Waals surface area contributed by atoms with Crippen LogP contribution in [0.25, 0.3) is 0 Å². The van der Waals surface area contributed by atoms with E-state index >= 15 is 0 Å². The van der Waals surface area contributed by atoms with Crippen LogP contribution in [0.5, 0.6) is 0 Å². The molecule has 21 heteroatoms. The zero-order valence-electron chi connectivity index (χ0n) is 20.1. The third-order valence-corrected chi connectivity index (χ3v) is 33.3. The second kappa shape index (κ2) is 15.4. The molecule has 0 heterocycles. The fourth-order valence-corrected chi connectivity index (χ4v) is 33.1.